The molecule has 0 bridgehead atoms. The van der Waals surface area contributed by atoms with Crippen LogP contribution in [0.5, 0.6) is 11.5 Å². The molecule has 2 aliphatic rings. The van der Waals surface area contributed by atoms with Gasteiger partial charge in [-0.1, -0.05) is 18.2 Å². The highest BCUT2D eigenvalue weighted by Crippen LogP contribution is 2.49. The summed E-state index contributed by atoms with van der Waals surface area (Å²) in [5, 5.41) is 28.7. The van der Waals surface area contributed by atoms with Gasteiger partial charge in [0.25, 0.3) is 0 Å². The van der Waals surface area contributed by atoms with Crippen LogP contribution in [0.2, 0.25) is 0 Å². The Morgan fingerprint density at radius 3 is 2.29 bits per heavy atom. The highest BCUT2D eigenvalue weighted by atomic mass is 19.1. The zero-order valence-corrected chi connectivity index (χ0v) is 22.5. The van der Waals surface area contributed by atoms with Gasteiger partial charge in [-0.25, -0.2) is 4.39 Å². The maximum atomic E-state index is 15.2. The SMILES string of the molecule is Cc1cc(OCCC(C)(C)O)cc(C)c1-c1ccc(F)c2c1CC[C@H]2Oc1ccc([C@H]2C[C@@H]2C(O)O)cc1. The zero-order valence-electron chi connectivity index (χ0n) is 22.5. The number of halogens is 1. The van der Waals surface area contributed by atoms with E-state index in [1.165, 1.54) is 0 Å². The molecule has 0 aromatic heterocycles. The Kier molecular flexibility index (Phi) is 7.25. The molecule has 0 radical (unpaired) electrons. The molecule has 3 N–H and O–H groups in total. The maximum absolute atomic E-state index is 15.2. The van der Waals surface area contributed by atoms with E-state index in [2.05, 4.69) is 0 Å². The molecule has 0 spiro atoms. The third-order valence-corrected chi connectivity index (χ3v) is 7.85. The minimum Gasteiger partial charge on any atom is -0.493 e. The lowest BCUT2D eigenvalue weighted by atomic mass is 9.90. The van der Waals surface area contributed by atoms with Crippen LogP contribution in [0, 0.1) is 25.6 Å². The molecule has 0 aliphatic heterocycles. The van der Waals surface area contributed by atoms with Gasteiger partial charge in [0.05, 0.1) is 12.2 Å². The molecule has 38 heavy (non-hydrogen) atoms. The van der Waals surface area contributed by atoms with E-state index in [1.54, 1.807) is 19.9 Å². The molecule has 0 unspecified atom stereocenters. The van der Waals surface area contributed by atoms with Crippen LogP contribution in [0.4, 0.5) is 4.39 Å². The molecule has 2 aliphatic carbocycles. The summed E-state index contributed by atoms with van der Waals surface area (Å²) in [4.78, 5) is 0. The maximum Gasteiger partial charge on any atom is 0.154 e. The van der Waals surface area contributed by atoms with E-state index < -0.39 is 11.9 Å². The Hall–Kier alpha value is -2.93. The topological polar surface area (TPSA) is 79.2 Å². The van der Waals surface area contributed by atoms with Gasteiger partial charge in [-0.15, -0.1) is 0 Å². The van der Waals surface area contributed by atoms with Gasteiger partial charge in [0.1, 0.15) is 23.4 Å². The second-order valence-corrected chi connectivity index (χ2v) is 11.5. The molecule has 0 amide bonds. The first-order chi connectivity index (χ1) is 18.0. The van der Waals surface area contributed by atoms with Crippen LogP contribution in [0.1, 0.15) is 72.9 Å². The molecule has 3 atom stereocenters. The molecule has 3 aromatic rings. The van der Waals surface area contributed by atoms with Gasteiger partial charge in [-0.05, 0) is 117 Å². The van der Waals surface area contributed by atoms with Crippen molar-refractivity contribution < 1.29 is 29.2 Å². The van der Waals surface area contributed by atoms with Gasteiger partial charge in [-0.3, -0.25) is 0 Å². The number of aliphatic hydroxyl groups excluding tert-OH is 1. The monoisotopic (exact) mass is 520 g/mol. The Labute approximate surface area is 223 Å². The molecule has 1 fully saturated rings. The lowest BCUT2D eigenvalue weighted by Crippen LogP contribution is -2.21. The average Bonchev–Trinajstić information content (AvgIpc) is 3.54. The van der Waals surface area contributed by atoms with E-state index >= 15 is 4.39 Å². The fraction of sp³-hybridized carbons (Fsp3) is 0.438. The minimum absolute atomic E-state index is 0.101. The van der Waals surface area contributed by atoms with Gasteiger partial charge < -0.3 is 24.8 Å². The van der Waals surface area contributed by atoms with Crippen LogP contribution in [0.25, 0.3) is 11.1 Å². The number of rotatable bonds is 9. The Balaban J connectivity index is 1.35. The fourth-order valence-corrected chi connectivity index (χ4v) is 5.76. The zero-order chi connectivity index (χ0) is 27.2. The van der Waals surface area contributed by atoms with E-state index in [4.69, 9.17) is 9.47 Å². The highest BCUT2D eigenvalue weighted by Gasteiger charge is 2.42. The number of hydrogen-bond donors (Lipinski definition) is 3. The normalized spacial score (nSPS) is 20.5. The van der Waals surface area contributed by atoms with Crippen LogP contribution in [-0.4, -0.2) is 33.8 Å². The van der Waals surface area contributed by atoms with Crippen molar-refractivity contribution in [2.45, 2.75) is 77.3 Å². The first-order valence-electron chi connectivity index (χ1n) is 13.4. The number of aliphatic hydroxyl groups is 3. The predicted molar refractivity (Wildman–Crippen MR) is 145 cm³/mol. The van der Waals surface area contributed by atoms with Crippen molar-refractivity contribution in [2.75, 3.05) is 6.61 Å². The smallest absolute Gasteiger partial charge is 0.154 e. The van der Waals surface area contributed by atoms with E-state index in [9.17, 15) is 15.3 Å². The number of aryl methyl sites for hydroxylation is 2. The lowest BCUT2D eigenvalue weighted by Gasteiger charge is -2.20. The number of hydrogen-bond acceptors (Lipinski definition) is 5. The second-order valence-electron chi connectivity index (χ2n) is 11.5. The third kappa shape index (κ3) is 5.58. The van der Waals surface area contributed by atoms with Gasteiger partial charge in [-0.2, -0.15) is 0 Å². The van der Waals surface area contributed by atoms with Crippen molar-refractivity contribution in [1.29, 1.82) is 0 Å². The standard InChI is InChI=1S/C32H37FO5/c1-18-15-22(37-14-13-32(3,4)36)16-19(2)29(18)23-9-11-27(33)30-24(23)10-12-28(30)38-21-7-5-20(6-8-21)25-17-26(25)31(34)35/h5-9,11,15-16,25-26,28,31,34-36H,10,12-14,17H2,1-4H3/t25-,26+,28-/m1/s1. The van der Waals surface area contributed by atoms with Gasteiger partial charge in [0, 0.05) is 17.9 Å². The van der Waals surface area contributed by atoms with Crippen LogP contribution in [0.15, 0.2) is 48.5 Å². The van der Waals surface area contributed by atoms with Gasteiger partial charge in [0.2, 0.25) is 0 Å². The highest BCUT2D eigenvalue weighted by molar-refractivity contribution is 5.76. The molecule has 0 heterocycles. The summed E-state index contributed by atoms with van der Waals surface area (Å²) < 4.78 is 27.4. The van der Waals surface area contributed by atoms with E-state index in [-0.39, 0.29) is 23.8 Å². The van der Waals surface area contributed by atoms with Crippen molar-refractivity contribution in [1.82, 2.24) is 0 Å². The van der Waals surface area contributed by atoms with Crippen LogP contribution in [-0.2, 0) is 6.42 Å². The summed E-state index contributed by atoms with van der Waals surface area (Å²) in [6.45, 7) is 8.06. The second kappa shape index (κ2) is 10.3. The largest absolute Gasteiger partial charge is 0.493 e. The number of benzene rings is 3. The summed E-state index contributed by atoms with van der Waals surface area (Å²) in [5.41, 5.74) is 6.14. The van der Waals surface area contributed by atoms with E-state index in [0.717, 1.165) is 52.0 Å². The first kappa shape index (κ1) is 26.7. The molecule has 1 saturated carbocycles. The molecule has 0 saturated heterocycles. The molecule has 6 heteroatoms. The third-order valence-electron chi connectivity index (χ3n) is 7.85. The van der Waals surface area contributed by atoms with Crippen molar-refractivity contribution in [3.05, 3.63) is 82.2 Å². The van der Waals surface area contributed by atoms with Crippen molar-refractivity contribution in [3.63, 3.8) is 0 Å². The Bertz CT molecular complexity index is 1290. The summed E-state index contributed by atoms with van der Waals surface area (Å²) in [6.07, 6.45) is 1.09. The summed E-state index contributed by atoms with van der Waals surface area (Å²) in [7, 11) is 0. The van der Waals surface area contributed by atoms with Crippen LogP contribution in [0.3, 0.4) is 0 Å². The predicted octanol–water partition coefficient (Wildman–Crippen LogP) is 6.13. The fourth-order valence-electron chi connectivity index (χ4n) is 5.76. The molecule has 3 aromatic carbocycles. The average molecular weight is 521 g/mol. The van der Waals surface area contributed by atoms with Crippen LogP contribution < -0.4 is 9.47 Å². The van der Waals surface area contributed by atoms with Crippen LogP contribution >= 0.6 is 0 Å². The quantitative estimate of drug-likeness (QED) is 0.296. The Morgan fingerprint density at radius 1 is 1.00 bits per heavy atom. The molecule has 5 rings (SSSR count). The van der Waals surface area contributed by atoms with Gasteiger partial charge >= 0.3 is 0 Å². The van der Waals surface area contributed by atoms with E-state index in [0.29, 0.717) is 30.8 Å². The van der Waals surface area contributed by atoms with Crippen molar-refractivity contribution in [2.24, 2.45) is 5.92 Å². The number of fused-ring (bicyclic) bond motifs is 1. The summed E-state index contributed by atoms with van der Waals surface area (Å²) in [5.74, 6) is 1.26. The molecular formula is C32H37FO5. The van der Waals surface area contributed by atoms with Gasteiger partial charge in [0.15, 0.2) is 6.29 Å². The summed E-state index contributed by atoms with van der Waals surface area (Å²) >= 11 is 0. The Morgan fingerprint density at radius 2 is 1.68 bits per heavy atom. The van der Waals surface area contributed by atoms with Crippen molar-refractivity contribution >= 4 is 0 Å². The molecular weight excluding hydrogens is 483 g/mol. The minimum atomic E-state index is -1.28. The molecule has 202 valence electrons. The molecule has 5 nitrogen and oxygen atoms in total. The van der Waals surface area contributed by atoms with Crippen molar-refractivity contribution in [3.8, 4) is 22.6 Å². The lowest BCUT2D eigenvalue weighted by molar-refractivity contribution is -0.0577. The van der Waals surface area contributed by atoms with E-state index in [1.807, 2.05) is 56.3 Å². The first-order valence-corrected chi connectivity index (χ1v) is 13.4. The summed E-state index contributed by atoms with van der Waals surface area (Å²) in [6, 6.07) is 15.1. The number of ether oxygens (including phenoxy) is 2.